The van der Waals surface area contributed by atoms with Crippen molar-refractivity contribution >= 4 is 0 Å². The number of hydrogen-bond donors (Lipinski definition) is 1. The minimum absolute atomic E-state index is 0.0169. The largest absolute Gasteiger partial charge is 0.393 e. The minimum Gasteiger partial charge on any atom is -0.393 e. The topological polar surface area (TPSA) is 20.2 Å². The van der Waals surface area contributed by atoms with Crippen LogP contribution in [0.4, 0.5) is 8.78 Å². The molecule has 2 aliphatic rings. The Kier molecular flexibility index (Phi) is 3.77. The molecule has 2 fully saturated rings. The van der Waals surface area contributed by atoms with Crippen molar-refractivity contribution in [2.45, 2.75) is 64.9 Å². The van der Waals surface area contributed by atoms with Crippen molar-refractivity contribution in [3.8, 4) is 0 Å². The summed E-state index contributed by atoms with van der Waals surface area (Å²) >= 11 is 0. The molecular formula is C14H24F2O. The predicted octanol–water partition coefficient (Wildman–Crippen LogP) is 3.86. The summed E-state index contributed by atoms with van der Waals surface area (Å²) in [5, 5.41) is 10.1. The molecule has 0 bridgehead atoms. The molecule has 1 N–H and O–H groups in total. The summed E-state index contributed by atoms with van der Waals surface area (Å²) in [5.74, 6) is 0.799. The van der Waals surface area contributed by atoms with E-state index in [9.17, 15) is 13.9 Å². The van der Waals surface area contributed by atoms with E-state index in [0.29, 0.717) is 11.8 Å². The molecule has 17 heavy (non-hydrogen) atoms. The van der Waals surface area contributed by atoms with E-state index in [1.54, 1.807) is 0 Å². The fraction of sp³-hybridized carbons (Fsp3) is 1.00. The third-order valence-corrected chi connectivity index (χ3v) is 5.40. The predicted molar refractivity (Wildman–Crippen MR) is 64.0 cm³/mol. The zero-order chi connectivity index (χ0) is 12.6. The number of rotatable bonds is 3. The van der Waals surface area contributed by atoms with Crippen molar-refractivity contribution in [3.63, 3.8) is 0 Å². The van der Waals surface area contributed by atoms with Crippen LogP contribution >= 0.6 is 0 Å². The fourth-order valence-corrected chi connectivity index (χ4v) is 4.57. The summed E-state index contributed by atoms with van der Waals surface area (Å²) in [7, 11) is 0. The van der Waals surface area contributed by atoms with Gasteiger partial charge >= 0.3 is 0 Å². The molecule has 0 aliphatic heterocycles. The Balaban J connectivity index is 2.09. The molecule has 2 rings (SSSR count). The quantitative estimate of drug-likeness (QED) is 0.801. The molecule has 0 saturated heterocycles. The maximum atomic E-state index is 12.5. The number of aliphatic hydroxyl groups is 1. The Labute approximate surface area is 103 Å². The molecule has 0 aromatic rings. The van der Waals surface area contributed by atoms with E-state index < -0.39 is 6.43 Å². The van der Waals surface area contributed by atoms with E-state index in [1.165, 1.54) is 0 Å². The maximum absolute atomic E-state index is 12.5. The smallest absolute Gasteiger partial charge is 0.238 e. The third kappa shape index (κ3) is 2.35. The molecule has 0 aromatic carbocycles. The summed E-state index contributed by atoms with van der Waals surface area (Å²) in [6, 6.07) is 0. The number of halogens is 2. The molecule has 0 heterocycles. The second-order valence-electron chi connectivity index (χ2n) is 6.36. The normalized spacial score (nSPS) is 43.8. The van der Waals surface area contributed by atoms with Crippen molar-refractivity contribution in [1.29, 1.82) is 0 Å². The maximum Gasteiger partial charge on any atom is 0.238 e. The Bertz CT molecular complexity index is 269. The Hall–Kier alpha value is -0.180. The Morgan fingerprint density at radius 1 is 1.29 bits per heavy atom. The highest BCUT2D eigenvalue weighted by molar-refractivity contribution is 5.01. The van der Waals surface area contributed by atoms with Gasteiger partial charge in [0.2, 0.25) is 6.43 Å². The van der Waals surface area contributed by atoms with Crippen molar-refractivity contribution in [1.82, 2.24) is 0 Å². The monoisotopic (exact) mass is 246 g/mol. The molecule has 100 valence electrons. The van der Waals surface area contributed by atoms with Crippen molar-refractivity contribution in [2.24, 2.45) is 23.2 Å². The second kappa shape index (κ2) is 4.83. The van der Waals surface area contributed by atoms with Crippen molar-refractivity contribution in [3.05, 3.63) is 0 Å². The summed E-state index contributed by atoms with van der Waals surface area (Å²) < 4.78 is 25.0. The van der Waals surface area contributed by atoms with Crippen LogP contribution in [0.25, 0.3) is 0 Å². The van der Waals surface area contributed by atoms with Gasteiger partial charge in [0.1, 0.15) is 0 Å². The highest BCUT2D eigenvalue weighted by atomic mass is 19.3. The molecule has 3 heteroatoms. The van der Waals surface area contributed by atoms with E-state index in [2.05, 4.69) is 6.92 Å². The zero-order valence-corrected chi connectivity index (χ0v) is 10.8. The van der Waals surface area contributed by atoms with Gasteiger partial charge < -0.3 is 5.11 Å². The van der Waals surface area contributed by atoms with Crippen LogP contribution in [0, 0.1) is 23.2 Å². The molecular weight excluding hydrogens is 222 g/mol. The van der Waals surface area contributed by atoms with E-state index >= 15 is 0 Å². The summed E-state index contributed by atoms with van der Waals surface area (Å²) in [4.78, 5) is 0. The highest BCUT2D eigenvalue weighted by Gasteiger charge is 2.52. The van der Waals surface area contributed by atoms with Gasteiger partial charge in [-0.1, -0.05) is 20.3 Å². The first-order chi connectivity index (χ1) is 7.95. The molecule has 0 amide bonds. The molecule has 0 radical (unpaired) electrons. The highest BCUT2D eigenvalue weighted by Crippen LogP contribution is 2.58. The first kappa shape index (κ1) is 13.3. The summed E-state index contributed by atoms with van der Waals surface area (Å²) in [6.45, 7) is 4.19. The van der Waals surface area contributed by atoms with Crippen LogP contribution in [-0.4, -0.2) is 17.6 Å². The van der Waals surface area contributed by atoms with Gasteiger partial charge in [-0.25, -0.2) is 8.78 Å². The molecule has 1 nitrogen and oxygen atoms in total. The number of aliphatic hydroxyl groups excluding tert-OH is 1. The minimum atomic E-state index is -2.19. The van der Waals surface area contributed by atoms with E-state index in [4.69, 9.17) is 0 Å². The van der Waals surface area contributed by atoms with Crippen LogP contribution in [0.15, 0.2) is 0 Å². The fourth-order valence-electron chi connectivity index (χ4n) is 4.57. The Morgan fingerprint density at radius 3 is 2.65 bits per heavy atom. The third-order valence-electron chi connectivity index (χ3n) is 5.40. The lowest BCUT2D eigenvalue weighted by atomic mass is 9.61. The molecule has 5 atom stereocenters. The van der Waals surface area contributed by atoms with Gasteiger partial charge in [0.25, 0.3) is 0 Å². The average molecular weight is 246 g/mol. The summed E-state index contributed by atoms with van der Waals surface area (Å²) in [6.07, 6.45) is 2.72. The zero-order valence-electron chi connectivity index (χ0n) is 10.8. The lowest BCUT2D eigenvalue weighted by molar-refractivity contribution is -0.0329. The first-order valence-corrected chi connectivity index (χ1v) is 6.91. The lowest BCUT2D eigenvalue weighted by Crippen LogP contribution is -2.41. The standard InChI is InChI=1S/C14H24F2O/c1-9(8-13(15)16)10-5-6-11-12(17)4-3-7-14(10,11)2/h9-13,17H,3-8H2,1-2H3/t9-,10+,11-,12?,14+/m0/s1. The van der Waals surface area contributed by atoms with E-state index in [-0.39, 0.29) is 23.9 Å². The van der Waals surface area contributed by atoms with Gasteiger partial charge in [0.15, 0.2) is 0 Å². The van der Waals surface area contributed by atoms with Crippen LogP contribution in [0.1, 0.15) is 52.4 Å². The SMILES string of the molecule is C[C@@H](CC(F)F)[C@H]1CC[C@H]2C(O)CCC[C@]12C. The van der Waals surface area contributed by atoms with Crippen LogP contribution in [0.5, 0.6) is 0 Å². The summed E-state index contributed by atoms with van der Waals surface area (Å²) in [5.41, 5.74) is 0.103. The number of hydrogen-bond acceptors (Lipinski definition) is 1. The Morgan fingerprint density at radius 2 is 2.00 bits per heavy atom. The van der Waals surface area contributed by atoms with Crippen LogP contribution in [0.3, 0.4) is 0 Å². The average Bonchev–Trinajstić information content (AvgIpc) is 2.55. The van der Waals surface area contributed by atoms with Gasteiger partial charge in [-0.05, 0) is 48.9 Å². The van der Waals surface area contributed by atoms with Crippen LogP contribution in [0.2, 0.25) is 0 Å². The molecule has 1 unspecified atom stereocenters. The molecule has 2 saturated carbocycles. The van der Waals surface area contributed by atoms with E-state index in [1.807, 2.05) is 6.92 Å². The van der Waals surface area contributed by atoms with Crippen molar-refractivity contribution < 1.29 is 13.9 Å². The molecule has 2 aliphatic carbocycles. The van der Waals surface area contributed by atoms with Crippen LogP contribution < -0.4 is 0 Å². The lowest BCUT2D eigenvalue weighted by Gasteiger charge is -2.45. The van der Waals surface area contributed by atoms with Gasteiger partial charge in [0, 0.05) is 6.42 Å². The molecule has 0 spiro atoms. The number of fused-ring (bicyclic) bond motifs is 1. The number of alkyl halides is 2. The van der Waals surface area contributed by atoms with Gasteiger partial charge in [0.05, 0.1) is 6.10 Å². The van der Waals surface area contributed by atoms with Gasteiger partial charge in [-0.2, -0.15) is 0 Å². The first-order valence-electron chi connectivity index (χ1n) is 6.91. The van der Waals surface area contributed by atoms with Gasteiger partial charge in [-0.3, -0.25) is 0 Å². The molecule has 0 aromatic heterocycles. The van der Waals surface area contributed by atoms with Crippen LogP contribution in [-0.2, 0) is 0 Å². The van der Waals surface area contributed by atoms with Gasteiger partial charge in [-0.15, -0.1) is 0 Å². The van der Waals surface area contributed by atoms with Crippen molar-refractivity contribution in [2.75, 3.05) is 0 Å². The van der Waals surface area contributed by atoms with E-state index in [0.717, 1.165) is 32.1 Å². The second-order valence-corrected chi connectivity index (χ2v) is 6.36.